The Bertz CT molecular complexity index is 494. The van der Waals surface area contributed by atoms with E-state index in [1.807, 2.05) is 26.0 Å². The molecule has 1 aliphatic heterocycles. The maximum absolute atomic E-state index is 12.0. The first-order chi connectivity index (χ1) is 10.5. The van der Waals surface area contributed by atoms with Gasteiger partial charge in [-0.2, -0.15) is 0 Å². The number of piperidine rings is 1. The molecular formula is C18H31Cl2N3O. The number of nitrogens with one attached hydrogen (secondary N) is 1. The van der Waals surface area contributed by atoms with Crippen molar-refractivity contribution in [2.24, 2.45) is 17.6 Å². The first-order valence-electron chi connectivity index (χ1n) is 8.33. The molecule has 0 aliphatic carbocycles. The molecule has 1 aromatic carbocycles. The molecule has 0 aromatic heterocycles. The lowest BCUT2D eigenvalue weighted by molar-refractivity contribution is -0.119. The van der Waals surface area contributed by atoms with E-state index in [-0.39, 0.29) is 42.7 Å². The molecule has 1 saturated heterocycles. The molecular weight excluding hydrogens is 345 g/mol. The van der Waals surface area contributed by atoms with Gasteiger partial charge in [0.15, 0.2) is 0 Å². The Morgan fingerprint density at radius 3 is 2.46 bits per heavy atom. The van der Waals surface area contributed by atoms with Gasteiger partial charge in [-0.1, -0.05) is 26.0 Å². The number of nitrogens with zero attached hydrogens (tertiary/aromatic N) is 1. The summed E-state index contributed by atoms with van der Waals surface area (Å²) in [5.41, 5.74) is 7.90. The standard InChI is InChI=1S/C18H29N3O.2ClH/c1-13-5-4-10-21(11-13)12-16-6-8-17(9-7-16)20-18(22)14(2)15(3)19;;/h6-9,13-15H,4-5,10-12,19H2,1-3H3,(H,20,22);2*1H. The molecule has 0 bridgehead atoms. The van der Waals surface area contributed by atoms with Crippen LogP contribution in [0.25, 0.3) is 0 Å². The van der Waals surface area contributed by atoms with E-state index in [4.69, 9.17) is 5.73 Å². The lowest BCUT2D eigenvalue weighted by atomic mass is 10.00. The van der Waals surface area contributed by atoms with Crippen molar-refractivity contribution in [2.45, 2.75) is 46.2 Å². The zero-order chi connectivity index (χ0) is 16.1. The van der Waals surface area contributed by atoms with Gasteiger partial charge in [-0.05, 0) is 49.9 Å². The first-order valence-corrected chi connectivity index (χ1v) is 8.33. The van der Waals surface area contributed by atoms with Gasteiger partial charge in [-0.3, -0.25) is 9.69 Å². The predicted molar refractivity (Wildman–Crippen MR) is 106 cm³/mol. The molecule has 2 rings (SSSR count). The largest absolute Gasteiger partial charge is 0.327 e. The Hall–Kier alpha value is -0.810. The molecule has 1 fully saturated rings. The van der Waals surface area contributed by atoms with Crippen molar-refractivity contribution < 1.29 is 4.79 Å². The average molecular weight is 376 g/mol. The van der Waals surface area contributed by atoms with Crippen LogP contribution in [0, 0.1) is 11.8 Å². The van der Waals surface area contributed by atoms with Crippen molar-refractivity contribution in [3.63, 3.8) is 0 Å². The molecule has 3 unspecified atom stereocenters. The quantitative estimate of drug-likeness (QED) is 0.824. The number of benzene rings is 1. The second-order valence-electron chi connectivity index (χ2n) is 6.82. The fraction of sp³-hybridized carbons (Fsp3) is 0.611. The highest BCUT2D eigenvalue weighted by atomic mass is 35.5. The Morgan fingerprint density at radius 1 is 1.29 bits per heavy atom. The second-order valence-corrected chi connectivity index (χ2v) is 6.82. The molecule has 0 radical (unpaired) electrons. The van der Waals surface area contributed by atoms with Crippen molar-refractivity contribution >= 4 is 36.4 Å². The number of nitrogens with two attached hydrogens (primary N) is 1. The molecule has 138 valence electrons. The van der Waals surface area contributed by atoms with E-state index < -0.39 is 0 Å². The van der Waals surface area contributed by atoms with Crippen LogP contribution in [0.5, 0.6) is 0 Å². The average Bonchev–Trinajstić information content (AvgIpc) is 2.48. The molecule has 0 saturated carbocycles. The van der Waals surface area contributed by atoms with E-state index in [9.17, 15) is 4.79 Å². The van der Waals surface area contributed by atoms with E-state index >= 15 is 0 Å². The van der Waals surface area contributed by atoms with Gasteiger partial charge in [-0.25, -0.2) is 0 Å². The Labute approximate surface area is 158 Å². The van der Waals surface area contributed by atoms with Crippen LogP contribution in [-0.2, 0) is 11.3 Å². The van der Waals surface area contributed by atoms with E-state index in [2.05, 4.69) is 29.3 Å². The summed E-state index contributed by atoms with van der Waals surface area (Å²) < 4.78 is 0. The summed E-state index contributed by atoms with van der Waals surface area (Å²) in [5, 5.41) is 2.93. The van der Waals surface area contributed by atoms with E-state index in [1.165, 1.54) is 31.5 Å². The molecule has 0 spiro atoms. The summed E-state index contributed by atoms with van der Waals surface area (Å²) in [4.78, 5) is 14.5. The van der Waals surface area contributed by atoms with Crippen LogP contribution in [0.4, 0.5) is 5.69 Å². The number of halogens is 2. The van der Waals surface area contributed by atoms with Gasteiger partial charge in [0, 0.05) is 24.8 Å². The number of anilines is 1. The topological polar surface area (TPSA) is 58.4 Å². The third kappa shape index (κ3) is 6.98. The second kappa shape index (κ2) is 10.9. The van der Waals surface area contributed by atoms with Gasteiger partial charge in [0.25, 0.3) is 0 Å². The van der Waals surface area contributed by atoms with Crippen LogP contribution in [0.15, 0.2) is 24.3 Å². The van der Waals surface area contributed by atoms with Gasteiger partial charge in [0.2, 0.25) is 5.91 Å². The van der Waals surface area contributed by atoms with Crippen LogP contribution in [0.2, 0.25) is 0 Å². The van der Waals surface area contributed by atoms with Crippen LogP contribution in [0.3, 0.4) is 0 Å². The maximum atomic E-state index is 12.0. The Balaban J connectivity index is 0.00000264. The highest BCUT2D eigenvalue weighted by molar-refractivity contribution is 5.92. The predicted octanol–water partition coefficient (Wildman–Crippen LogP) is 3.68. The van der Waals surface area contributed by atoms with Crippen molar-refractivity contribution in [2.75, 3.05) is 18.4 Å². The summed E-state index contributed by atoms with van der Waals surface area (Å²) in [6, 6.07) is 8.03. The minimum atomic E-state index is -0.186. The first kappa shape index (κ1) is 23.2. The summed E-state index contributed by atoms with van der Waals surface area (Å²) >= 11 is 0. The summed E-state index contributed by atoms with van der Waals surface area (Å²) in [6.45, 7) is 9.40. The zero-order valence-corrected chi connectivity index (χ0v) is 16.5. The lowest BCUT2D eigenvalue weighted by Crippen LogP contribution is -2.34. The molecule has 24 heavy (non-hydrogen) atoms. The molecule has 3 atom stereocenters. The van der Waals surface area contributed by atoms with Crippen LogP contribution in [0.1, 0.15) is 39.2 Å². The minimum absolute atomic E-state index is 0. The van der Waals surface area contributed by atoms with Crippen LogP contribution < -0.4 is 11.1 Å². The molecule has 3 N–H and O–H groups in total. The van der Waals surface area contributed by atoms with E-state index in [0.29, 0.717) is 0 Å². The van der Waals surface area contributed by atoms with Crippen molar-refractivity contribution in [1.82, 2.24) is 4.90 Å². The molecule has 1 heterocycles. The third-order valence-corrected chi connectivity index (χ3v) is 4.57. The molecule has 1 aliphatic rings. The molecule has 6 heteroatoms. The number of carbonyl (C=O) groups excluding carboxylic acids is 1. The number of rotatable bonds is 5. The number of hydrogen-bond acceptors (Lipinski definition) is 3. The van der Waals surface area contributed by atoms with Gasteiger partial charge in [-0.15, -0.1) is 24.8 Å². The molecule has 1 aromatic rings. The van der Waals surface area contributed by atoms with E-state index in [1.54, 1.807) is 0 Å². The Morgan fingerprint density at radius 2 is 1.92 bits per heavy atom. The maximum Gasteiger partial charge on any atom is 0.228 e. The highest BCUT2D eigenvalue weighted by Crippen LogP contribution is 2.19. The van der Waals surface area contributed by atoms with Crippen LogP contribution in [-0.4, -0.2) is 29.9 Å². The number of carbonyl (C=O) groups is 1. The summed E-state index contributed by atoms with van der Waals surface area (Å²) in [7, 11) is 0. The third-order valence-electron chi connectivity index (χ3n) is 4.57. The van der Waals surface area contributed by atoms with Gasteiger partial charge < -0.3 is 11.1 Å². The number of hydrogen-bond donors (Lipinski definition) is 2. The molecule has 4 nitrogen and oxygen atoms in total. The van der Waals surface area contributed by atoms with Gasteiger partial charge in [0.1, 0.15) is 0 Å². The fourth-order valence-corrected chi connectivity index (χ4v) is 2.88. The van der Waals surface area contributed by atoms with E-state index in [0.717, 1.165) is 18.2 Å². The molecule has 1 amide bonds. The zero-order valence-electron chi connectivity index (χ0n) is 14.8. The number of likely N-dealkylation sites (tertiary alicyclic amines) is 1. The van der Waals surface area contributed by atoms with Crippen molar-refractivity contribution in [1.29, 1.82) is 0 Å². The Kier molecular flexibility index (Phi) is 10.6. The lowest BCUT2D eigenvalue weighted by Gasteiger charge is -2.30. The van der Waals surface area contributed by atoms with Crippen molar-refractivity contribution in [3.8, 4) is 0 Å². The van der Waals surface area contributed by atoms with Crippen molar-refractivity contribution in [3.05, 3.63) is 29.8 Å². The van der Waals surface area contributed by atoms with Gasteiger partial charge >= 0.3 is 0 Å². The van der Waals surface area contributed by atoms with Crippen LogP contribution >= 0.6 is 24.8 Å². The fourth-order valence-electron chi connectivity index (χ4n) is 2.88. The minimum Gasteiger partial charge on any atom is -0.327 e. The SMILES string of the molecule is CC1CCCN(Cc2ccc(NC(=O)C(C)C(C)N)cc2)C1.Cl.Cl. The normalized spacial score (nSPS) is 20.2. The summed E-state index contributed by atoms with van der Waals surface area (Å²) in [6.07, 6.45) is 2.64. The monoisotopic (exact) mass is 375 g/mol. The smallest absolute Gasteiger partial charge is 0.228 e. The summed E-state index contributed by atoms with van der Waals surface area (Å²) in [5.74, 6) is 0.592. The number of amides is 1. The highest BCUT2D eigenvalue weighted by Gasteiger charge is 2.18. The van der Waals surface area contributed by atoms with Gasteiger partial charge in [0.05, 0.1) is 5.92 Å².